The van der Waals surface area contributed by atoms with E-state index in [1.54, 1.807) is 0 Å². The van der Waals surface area contributed by atoms with Crippen molar-refractivity contribution in [2.75, 3.05) is 16.8 Å². The van der Waals surface area contributed by atoms with Crippen molar-refractivity contribution in [1.82, 2.24) is 0 Å². The summed E-state index contributed by atoms with van der Waals surface area (Å²) < 4.78 is 0.957. The van der Waals surface area contributed by atoms with Crippen molar-refractivity contribution in [2.45, 2.75) is 13.8 Å². The molecular weight excluding hydrogens is 316 g/mol. The normalized spacial score (nSPS) is 13.9. The Morgan fingerprint density at radius 2 is 1.85 bits per heavy atom. The average molecular weight is 331 g/mol. The lowest BCUT2D eigenvalue weighted by molar-refractivity contribution is -0.115. The third-order valence-electron chi connectivity index (χ3n) is 3.47. The van der Waals surface area contributed by atoms with Crippen molar-refractivity contribution in [1.29, 1.82) is 0 Å². The van der Waals surface area contributed by atoms with Gasteiger partial charge in [0.1, 0.15) is 6.54 Å². The standard InChI is InChI=1S/C16H15BrN2O/c1-10-3-5-14(11(2)7-10)19-9-16(20)18-13-8-12(17)4-6-15(13)19/h3-8H,9H2,1-2H3,(H,18,20). The molecule has 0 saturated heterocycles. The van der Waals surface area contributed by atoms with Crippen molar-refractivity contribution in [3.8, 4) is 0 Å². The molecule has 0 unspecified atom stereocenters. The monoisotopic (exact) mass is 330 g/mol. The Bertz CT molecular complexity index is 697. The molecule has 1 amide bonds. The summed E-state index contributed by atoms with van der Waals surface area (Å²) in [5.74, 6) is 0.00979. The molecule has 3 nitrogen and oxygen atoms in total. The van der Waals surface area contributed by atoms with Gasteiger partial charge in [0.05, 0.1) is 11.4 Å². The number of carbonyl (C=O) groups excluding carboxylic acids is 1. The van der Waals surface area contributed by atoms with Gasteiger partial charge in [0, 0.05) is 10.2 Å². The summed E-state index contributed by atoms with van der Waals surface area (Å²) in [6, 6.07) is 12.2. The smallest absolute Gasteiger partial charge is 0.244 e. The van der Waals surface area contributed by atoms with Gasteiger partial charge in [0.25, 0.3) is 0 Å². The number of halogens is 1. The number of amides is 1. The highest BCUT2D eigenvalue weighted by Gasteiger charge is 2.24. The van der Waals surface area contributed by atoms with E-state index >= 15 is 0 Å². The van der Waals surface area contributed by atoms with E-state index in [0.717, 1.165) is 21.5 Å². The lowest BCUT2D eigenvalue weighted by atomic mass is 10.1. The van der Waals surface area contributed by atoms with Crippen LogP contribution in [0, 0.1) is 13.8 Å². The Morgan fingerprint density at radius 1 is 1.10 bits per heavy atom. The zero-order valence-electron chi connectivity index (χ0n) is 11.4. The van der Waals surface area contributed by atoms with Crippen LogP contribution in [0.5, 0.6) is 0 Å². The van der Waals surface area contributed by atoms with Crippen molar-refractivity contribution in [3.63, 3.8) is 0 Å². The van der Waals surface area contributed by atoms with E-state index in [2.05, 4.69) is 58.2 Å². The first-order chi connectivity index (χ1) is 9.54. The second-order valence-electron chi connectivity index (χ2n) is 5.09. The minimum atomic E-state index is 0.00979. The van der Waals surface area contributed by atoms with Crippen LogP contribution in [-0.4, -0.2) is 12.5 Å². The van der Waals surface area contributed by atoms with Crippen LogP contribution in [-0.2, 0) is 4.79 Å². The molecule has 0 fully saturated rings. The van der Waals surface area contributed by atoms with Gasteiger partial charge in [0.15, 0.2) is 0 Å². The lowest BCUT2D eigenvalue weighted by Gasteiger charge is -2.32. The van der Waals surface area contributed by atoms with Crippen LogP contribution in [0.2, 0.25) is 0 Å². The number of aryl methyl sites for hydroxylation is 2. The molecule has 0 radical (unpaired) electrons. The number of hydrogen-bond donors (Lipinski definition) is 1. The molecule has 3 rings (SSSR count). The number of nitrogens with one attached hydrogen (secondary N) is 1. The van der Waals surface area contributed by atoms with E-state index in [0.29, 0.717) is 6.54 Å². The molecule has 1 N–H and O–H groups in total. The molecular formula is C16H15BrN2O. The number of hydrogen-bond acceptors (Lipinski definition) is 2. The number of anilines is 3. The fraction of sp³-hybridized carbons (Fsp3) is 0.188. The summed E-state index contributed by atoms with van der Waals surface area (Å²) in [4.78, 5) is 14.0. The van der Waals surface area contributed by atoms with Gasteiger partial charge in [-0.05, 0) is 43.7 Å². The van der Waals surface area contributed by atoms with Crippen molar-refractivity contribution in [2.24, 2.45) is 0 Å². The van der Waals surface area contributed by atoms with Crippen LogP contribution in [0.4, 0.5) is 17.1 Å². The molecule has 0 bridgehead atoms. The van der Waals surface area contributed by atoms with E-state index in [1.165, 1.54) is 11.1 Å². The van der Waals surface area contributed by atoms with Gasteiger partial charge >= 0.3 is 0 Å². The maximum Gasteiger partial charge on any atom is 0.244 e. The van der Waals surface area contributed by atoms with Crippen molar-refractivity contribution < 1.29 is 4.79 Å². The summed E-state index contributed by atoms with van der Waals surface area (Å²) in [7, 11) is 0. The summed E-state index contributed by atoms with van der Waals surface area (Å²) in [5.41, 5.74) is 5.35. The Labute approximate surface area is 126 Å². The highest BCUT2D eigenvalue weighted by molar-refractivity contribution is 9.10. The third kappa shape index (κ3) is 2.31. The van der Waals surface area contributed by atoms with Crippen LogP contribution in [0.15, 0.2) is 40.9 Å². The van der Waals surface area contributed by atoms with Crippen LogP contribution >= 0.6 is 15.9 Å². The molecule has 0 atom stereocenters. The van der Waals surface area contributed by atoms with Gasteiger partial charge in [-0.2, -0.15) is 0 Å². The summed E-state index contributed by atoms with van der Waals surface area (Å²) in [6.45, 7) is 4.50. The minimum Gasteiger partial charge on any atom is -0.330 e. The number of fused-ring (bicyclic) bond motifs is 1. The Morgan fingerprint density at radius 3 is 2.60 bits per heavy atom. The molecule has 102 valence electrons. The second kappa shape index (κ2) is 4.94. The van der Waals surface area contributed by atoms with E-state index in [9.17, 15) is 4.79 Å². The summed E-state index contributed by atoms with van der Waals surface area (Å²) in [5, 5.41) is 2.92. The van der Waals surface area contributed by atoms with Gasteiger partial charge < -0.3 is 10.2 Å². The van der Waals surface area contributed by atoms with E-state index in [4.69, 9.17) is 0 Å². The third-order valence-corrected chi connectivity index (χ3v) is 3.96. The SMILES string of the molecule is Cc1ccc(N2CC(=O)Nc3cc(Br)ccc32)c(C)c1. The molecule has 0 spiro atoms. The number of nitrogens with zero attached hydrogens (tertiary/aromatic N) is 1. The Kier molecular flexibility index (Phi) is 3.26. The summed E-state index contributed by atoms with van der Waals surface area (Å²) >= 11 is 3.44. The largest absolute Gasteiger partial charge is 0.330 e. The minimum absolute atomic E-state index is 0.00979. The van der Waals surface area contributed by atoms with E-state index in [-0.39, 0.29) is 5.91 Å². The zero-order chi connectivity index (χ0) is 14.3. The van der Waals surface area contributed by atoms with E-state index in [1.807, 2.05) is 18.2 Å². The average Bonchev–Trinajstić information content (AvgIpc) is 2.37. The zero-order valence-corrected chi connectivity index (χ0v) is 13.0. The number of carbonyl (C=O) groups is 1. The van der Waals surface area contributed by atoms with Gasteiger partial charge in [0.2, 0.25) is 5.91 Å². The van der Waals surface area contributed by atoms with Gasteiger partial charge in [-0.15, -0.1) is 0 Å². The molecule has 20 heavy (non-hydrogen) atoms. The molecule has 1 aliphatic rings. The highest BCUT2D eigenvalue weighted by Crippen LogP contribution is 2.38. The Balaban J connectivity index is 2.13. The lowest BCUT2D eigenvalue weighted by Crippen LogP contribution is -2.35. The topological polar surface area (TPSA) is 32.3 Å². The second-order valence-corrected chi connectivity index (χ2v) is 6.00. The molecule has 2 aromatic carbocycles. The van der Waals surface area contributed by atoms with Crippen LogP contribution in [0.3, 0.4) is 0 Å². The van der Waals surface area contributed by atoms with Gasteiger partial charge in [-0.1, -0.05) is 33.6 Å². The molecule has 2 aromatic rings. The predicted molar refractivity (Wildman–Crippen MR) is 85.7 cm³/mol. The quantitative estimate of drug-likeness (QED) is 0.851. The van der Waals surface area contributed by atoms with E-state index < -0.39 is 0 Å². The highest BCUT2D eigenvalue weighted by atomic mass is 79.9. The molecule has 0 aliphatic carbocycles. The molecule has 0 aromatic heterocycles. The maximum absolute atomic E-state index is 11.9. The maximum atomic E-state index is 11.9. The van der Waals surface area contributed by atoms with Gasteiger partial charge in [-0.3, -0.25) is 4.79 Å². The van der Waals surface area contributed by atoms with Gasteiger partial charge in [-0.25, -0.2) is 0 Å². The first-order valence-electron chi connectivity index (χ1n) is 6.49. The van der Waals surface area contributed by atoms with Crippen molar-refractivity contribution in [3.05, 3.63) is 52.0 Å². The fourth-order valence-corrected chi connectivity index (χ4v) is 2.95. The molecule has 1 aliphatic heterocycles. The first kappa shape index (κ1) is 13.2. The van der Waals surface area contributed by atoms with Crippen molar-refractivity contribution >= 4 is 38.9 Å². The van der Waals surface area contributed by atoms with Crippen LogP contribution in [0.25, 0.3) is 0 Å². The Hall–Kier alpha value is -1.81. The predicted octanol–water partition coefficient (Wildman–Crippen LogP) is 4.16. The fourth-order valence-electron chi connectivity index (χ4n) is 2.59. The summed E-state index contributed by atoms with van der Waals surface area (Å²) in [6.07, 6.45) is 0. The molecule has 4 heteroatoms. The van der Waals surface area contributed by atoms with Crippen LogP contribution < -0.4 is 10.2 Å². The number of benzene rings is 2. The molecule has 0 saturated carbocycles. The number of rotatable bonds is 1. The first-order valence-corrected chi connectivity index (χ1v) is 7.28. The molecule has 1 heterocycles. The van der Waals surface area contributed by atoms with Crippen LogP contribution in [0.1, 0.15) is 11.1 Å².